The normalized spacial score (nSPS) is 30.4. The predicted molar refractivity (Wildman–Crippen MR) is 208 cm³/mol. The molecule has 0 amide bonds. The van der Waals surface area contributed by atoms with Crippen LogP contribution in [0, 0.1) is 39.9 Å². The predicted octanol–water partition coefficient (Wildman–Crippen LogP) is 6.97. The lowest BCUT2D eigenvalue weighted by Gasteiger charge is -2.68. The van der Waals surface area contributed by atoms with Gasteiger partial charge >= 0.3 is 0 Å². The van der Waals surface area contributed by atoms with Gasteiger partial charge in [-0.05, 0) is 186 Å². The number of hydrogen-bond donors (Lipinski definition) is 4. The monoisotopic (exact) mass is 713 g/mol. The molecule has 0 radical (unpaired) electrons. The first-order chi connectivity index (χ1) is 22.8. The van der Waals surface area contributed by atoms with Crippen LogP contribution in [-0.2, 0) is 19.2 Å². The average Bonchev–Trinajstić information content (AvgIpc) is 2.86. The van der Waals surface area contributed by atoms with Crippen LogP contribution in [0.3, 0.4) is 0 Å². The molecular formula is C43H76N4O4. The van der Waals surface area contributed by atoms with Gasteiger partial charge in [0.1, 0.15) is 25.1 Å². The zero-order valence-electron chi connectivity index (χ0n) is 35.4. The molecule has 4 N–H and O–H groups in total. The highest BCUT2D eigenvalue weighted by Gasteiger charge is 2.75. The number of aldehydes is 4. The molecule has 4 aliphatic heterocycles. The minimum Gasteiger partial charge on any atom is -0.307 e. The van der Waals surface area contributed by atoms with Crippen molar-refractivity contribution in [1.29, 1.82) is 0 Å². The summed E-state index contributed by atoms with van der Waals surface area (Å²) in [4.78, 5) is 59.7. The van der Waals surface area contributed by atoms with E-state index in [4.69, 9.17) is 0 Å². The summed E-state index contributed by atoms with van der Waals surface area (Å²) < 4.78 is 0. The number of piperidine rings is 4. The van der Waals surface area contributed by atoms with Gasteiger partial charge in [0.05, 0.1) is 10.8 Å². The molecule has 4 aliphatic rings. The number of hydrogen-bond acceptors (Lipinski definition) is 8. The molecule has 0 spiro atoms. The first-order valence-electron chi connectivity index (χ1n) is 19.8. The van der Waals surface area contributed by atoms with E-state index in [1.54, 1.807) is 0 Å². The Kier molecular flexibility index (Phi) is 10.6. The Morgan fingerprint density at radius 2 is 0.588 bits per heavy atom. The third-order valence-corrected chi connectivity index (χ3v) is 13.6. The van der Waals surface area contributed by atoms with E-state index in [0.29, 0.717) is 51.4 Å². The van der Waals surface area contributed by atoms with Gasteiger partial charge in [-0.15, -0.1) is 0 Å². The number of nitrogens with one attached hydrogen (secondary N) is 4. The lowest BCUT2D eigenvalue weighted by Crippen LogP contribution is -2.76. The van der Waals surface area contributed by atoms with Gasteiger partial charge < -0.3 is 40.4 Å². The van der Waals surface area contributed by atoms with E-state index < -0.39 is 50.2 Å². The van der Waals surface area contributed by atoms with Crippen LogP contribution in [0.2, 0.25) is 0 Å². The first-order valence-corrected chi connectivity index (χ1v) is 19.8. The Balaban J connectivity index is 2.26. The van der Waals surface area contributed by atoms with Crippen LogP contribution in [0.4, 0.5) is 0 Å². The summed E-state index contributed by atoms with van der Waals surface area (Å²) >= 11 is 0. The Hall–Kier alpha value is -1.48. The second-order valence-corrected chi connectivity index (χ2v) is 23.2. The molecule has 4 saturated heterocycles. The van der Waals surface area contributed by atoms with Gasteiger partial charge in [0.25, 0.3) is 0 Å². The van der Waals surface area contributed by atoms with E-state index in [1.807, 2.05) is 0 Å². The van der Waals surface area contributed by atoms with Crippen LogP contribution in [0.5, 0.6) is 0 Å². The number of carbonyl (C=O) groups is 4. The highest BCUT2D eigenvalue weighted by atomic mass is 16.1. The molecule has 0 saturated carbocycles. The van der Waals surface area contributed by atoms with Crippen LogP contribution in [0.25, 0.3) is 0 Å². The van der Waals surface area contributed by atoms with E-state index in [-0.39, 0.29) is 34.0 Å². The van der Waals surface area contributed by atoms with Crippen molar-refractivity contribution in [3.05, 3.63) is 0 Å². The van der Waals surface area contributed by atoms with Gasteiger partial charge in [0, 0.05) is 49.7 Å². The van der Waals surface area contributed by atoms with Crippen molar-refractivity contribution in [2.24, 2.45) is 39.9 Å². The van der Waals surface area contributed by atoms with Gasteiger partial charge in [-0.25, -0.2) is 0 Å². The zero-order chi connectivity index (χ0) is 39.1. The Bertz CT molecular complexity index is 1250. The molecule has 0 aromatic carbocycles. The summed E-state index contributed by atoms with van der Waals surface area (Å²) in [6.07, 6.45) is 8.65. The molecule has 292 valence electrons. The quantitative estimate of drug-likeness (QED) is 0.142. The fraction of sp³-hybridized carbons (Fsp3) is 0.907. The number of rotatable bonds is 10. The highest BCUT2D eigenvalue weighted by molar-refractivity contribution is 5.94. The van der Waals surface area contributed by atoms with Crippen molar-refractivity contribution < 1.29 is 19.2 Å². The minimum atomic E-state index is -1.75. The SMILES string of the molecule is CC1(C)CC(C(C=O)(C=O)C(C=O)(C2CC(C)(C)NC(C)(C)C2)C(C=O)(C2CC(C)(C)NC(C)(C)C2)C2CC(C)(C)NC(C)(C)C2)CC(C)(C)N1. The Morgan fingerprint density at radius 1 is 0.353 bits per heavy atom. The molecular weight excluding hydrogens is 636 g/mol. The smallest absolute Gasteiger partial charge is 0.134 e. The maximum atomic E-state index is 15.3. The molecule has 8 heteroatoms. The lowest BCUT2D eigenvalue weighted by atomic mass is 9.34. The molecule has 0 aliphatic carbocycles. The van der Waals surface area contributed by atoms with E-state index in [9.17, 15) is 9.59 Å². The van der Waals surface area contributed by atoms with Crippen LogP contribution in [0.1, 0.15) is 162 Å². The molecule has 4 rings (SSSR count). The molecule has 1 unspecified atom stereocenters. The van der Waals surface area contributed by atoms with Crippen molar-refractivity contribution in [2.75, 3.05) is 0 Å². The van der Waals surface area contributed by atoms with E-state index in [2.05, 4.69) is 132 Å². The average molecular weight is 713 g/mol. The Morgan fingerprint density at radius 3 is 0.804 bits per heavy atom. The van der Waals surface area contributed by atoms with Crippen LogP contribution in [-0.4, -0.2) is 69.5 Å². The van der Waals surface area contributed by atoms with Crippen molar-refractivity contribution in [1.82, 2.24) is 21.3 Å². The molecule has 4 heterocycles. The minimum absolute atomic E-state index is 0.274. The second-order valence-electron chi connectivity index (χ2n) is 23.2. The highest BCUT2D eigenvalue weighted by Crippen LogP contribution is 2.70. The lowest BCUT2D eigenvalue weighted by molar-refractivity contribution is -0.210. The van der Waals surface area contributed by atoms with E-state index >= 15 is 9.59 Å². The molecule has 51 heavy (non-hydrogen) atoms. The largest absolute Gasteiger partial charge is 0.307 e. The first kappa shape index (κ1) is 42.3. The molecule has 1 atom stereocenters. The summed E-state index contributed by atoms with van der Waals surface area (Å²) in [5.41, 5.74) is -7.80. The van der Waals surface area contributed by atoms with Gasteiger partial charge in [-0.1, -0.05) is 0 Å². The topological polar surface area (TPSA) is 116 Å². The molecule has 8 nitrogen and oxygen atoms in total. The summed E-state index contributed by atoms with van der Waals surface area (Å²) in [5, 5.41) is 15.3. The molecule has 0 aromatic rings. The van der Waals surface area contributed by atoms with Gasteiger partial charge in [-0.2, -0.15) is 0 Å². The van der Waals surface area contributed by atoms with Crippen LogP contribution < -0.4 is 21.3 Å². The van der Waals surface area contributed by atoms with Gasteiger partial charge in [0.2, 0.25) is 0 Å². The third kappa shape index (κ3) is 7.73. The molecule has 0 bridgehead atoms. The maximum absolute atomic E-state index is 15.3. The summed E-state index contributed by atoms with van der Waals surface area (Å²) in [5.74, 6) is -1.44. The van der Waals surface area contributed by atoms with E-state index in [1.165, 1.54) is 0 Å². The van der Waals surface area contributed by atoms with Crippen molar-refractivity contribution >= 4 is 25.1 Å². The van der Waals surface area contributed by atoms with Crippen LogP contribution in [0.15, 0.2) is 0 Å². The summed E-state index contributed by atoms with van der Waals surface area (Å²) in [7, 11) is 0. The fourth-order valence-electron chi connectivity index (χ4n) is 14.1. The van der Waals surface area contributed by atoms with Gasteiger partial charge in [0.15, 0.2) is 0 Å². The van der Waals surface area contributed by atoms with E-state index in [0.717, 1.165) is 25.1 Å². The fourth-order valence-corrected chi connectivity index (χ4v) is 14.1. The second kappa shape index (κ2) is 12.8. The Labute approximate surface area is 311 Å². The summed E-state index contributed by atoms with van der Waals surface area (Å²) in [6.45, 7) is 34.7. The van der Waals surface area contributed by atoms with Crippen LogP contribution >= 0.6 is 0 Å². The van der Waals surface area contributed by atoms with Crippen molar-refractivity contribution in [3.8, 4) is 0 Å². The molecule has 4 fully saturated rings. The summed E-state index contributed by atoms with van der Waals surface area (Å²) in [6, 6.07) is 0. The standard InChI is InChI=1S/C43H76N4O4/c1-33(2)17-29(18-34(3,4)44-33)41(25-48,26-49)43(28-51,32-23-39(13,14)47-40(15,16)24-32)42(27-50,30-19-35(5,6)45-36(7,8)20-30)31-21-37(9,10)46-38(11,12)22-31/h25-32,44-47H,17-24H2,1-16H3. The van der Waals surface area contributed by atoms with Gasteiger partial charge in [-0.3, -0.25) is 0 Å². The maximum Gasteiger partial charge on any atom is 0.134 e. The third-order valence-electron chi connectivity index (χ3n) is 13.6. The zero-order valence-corrected chi connectivity index (χ0v) is 35.4. The van der Waals surface area contributed by atoms with Crippen molar-refractivity contribution in [3.63, 3.8) is 0 Å². The number of carbonyl (C=O) groups excluding carboxylic acids is 4. The molecule has 0 aromatic heterocycles. The van der Waals surface area contributed by atoms with Crippen molar-refractivity contribution in [2.45, 2.75) is 206 Å².